The molecule has 15 aromatic rings. The molecule has 0 atom stereocenters. The van der Waals surface area contributed by atoms with E-state index < -0.39 is 0 Å². The van der Waals surface area contributed by atoms with Crippen molar-refractivity contribution in [3.63, 3.8) is 0 Å². The number of pyridine rings is 10. The Labute approximate surface area is 690 Å². The third kappa shape index (κ3) is 39.3. The SMILES string of the molecule is CC#N.CC#N.CC#N.O.[Cr+3].[Cr+3].[Fe+2].[N-]=C=S.[N-]=C=S.[N-]=C=S.[N-]=C=S.[N-]=C=S.[N-]=C=S.[N-]=C=S.[N-]=C=S.c1cnc2c(c1)ccc1cccnc12.c1cnc2c(c1)ccc1cccnc12.c1cnc2c(c1)ccc1cccnc12.c1cnc2c(c1)ccc1cccnc12.c1cnc2c(c1)ccc1cccnc12. The van der Waals surface area contributed by atoms with Crippen LogP contribution in [0.5, 0.6) is 0 Å². The zero-order valence-corrected chi connectivity index (χ0v) is 66.1. The first kappa shape index (κ1) is 104. The molecule has 0 aliphatic heterocycles. The van der Waals surface area contributed by atoms with Gasteiger partial charge in [0.25, 0.3) is 0 Å². The van der Waals surface area contributed by atoms with Gasteiger partial charge in [-0.05, 0) is 60.7 Å². The third-order valence-corrected chi connectivity index (χ3v) is 11.7. The van der Waals surface area contributed by atoms with Crippen LogP contribution in [0.4, 0.5) is 0 Å². The molecule has 107 heavy (non-hydrogen) atoms. The molecule has 0 aliphatic carbocycles. The molecule has 22 nitrogen and oxygen atoms in total. The number of fused-ring (bicyclic) bond motifs is 15. The molecule has 0 fully saturated rings. The van der Waals surface area contributed by atoms with E-state index >= 15 is 0 Å². The van der Waals surface area contributed by atoms with Crippen LogP contribution in [0.3, 0.4) is 0 Å². The molecule has 15 rings (SSSR count). The maximum Gasteiger partial charge on any atom is 3.00 e. The number of benzene rings is 5. The largest absolute Gasteiger partial charge is 3.00 e. The molecule has 0 amide bonds. The molecule has 5 aromatic carbocycles. The number of hydrogen-bond acceptors (Lipinski definition) is 21. The molecular formula is C74H51Cr2FeN21OS8. The predicted molar refractivity (Wildman–Crippen MR) is 450 cm³/mol. The standard InChI is InChI=1S/5C12H8N2.3C2H3N.8CNS.2Cr.Fe.H2O/c5*1-3-9-5-6-10-4-2-8-14-12(10)11(9)13-7-1;3*1-2-3;8*2-1-3;;;;/h5*1-8H;3*1H3;;;;;;;;;;;;1H2/q;;;;;;;;8*-1;2*+3;+2;. The number of aromatic nitrogens is 10. The van der Waals surface area contributed by atoms with Gasteiger partial charge in [0.05, 0.1) is 73.4 Å². The van der Waals surface area contributed by atoms with Gasteiger partial charge >= 0.3 is 51.8 Å². The van der Waals surface area contributed by atoms with Gasteiger partial charge < -0.3 is 48.8 Å². The van der Waals surface area contributed by atoms with Crippen molar-refractivity contribution >= 4 is 248 Å². The monoisotopic (exact) mass is 1670 g/mol. The van der Waals surface area contributed by atoms with Gasteiger partial charge in [0.15, 0.2) is 0 Å². The maximum absolute atomic E-state index is 7.32. The van der Waals surface area contributed by atoms with Crippen molar-refractivity contribution in [1.82, 2.24) is 49.8 Å². The van der Waals surface area contributed by atoms with Gasteiger partial charge in [0, 0.05) is 137 Å². The molecule has 0 unspecified atom stereocenters. The number of nitrogens with zero attached hydrogens (tertiary/aromatic N) is 21. The van der Waals surface area contributed by atoms with Crippen LogP contribution in [0.1, 0.15) is 20.8 Å². The third-order valence-electron chi connectivity index (χ3n) is 11.7. The molecule has 0 aliphatic rings. The van der Waals surface area contributed by atoms with E-state index in [0.29, 0.717) is 0 Å². The fraction of sp³-hybridized carbons (Fsp3) is 0.0405. The molecule has 0 saturated heterocycles. The minimum atomic E-state index is 0. The first-order valence-electron chi connectivity index (χ1n) is 28.3. The van der Waals surface area contributed by atoms with Gasteiger partial charge in [0.2, 0.25) is 0 Å². The minimum Gasteiger partial charge on any atom is -0.753 e. The zero-order chi connectivity index (χ0) is 76.7. The van der Waals surface area contributed by atoms with Crippen molar-refractivity contribution in [3.05, 3.63) is 287 Å². The molecule has 33 heteroatoms. The minimum absolute atomic E-state index is 0. The Morgan fingerprint density at radius 2 is 0.280 bits per heavy atom. The summed E-state index contributed by atoms with van der Waals surface area (Å²) in [6.07, 6.45) is 18.0. The van der Waals surface area contributed by atoms with Crippen LogP contribution in [0.2, 0.25) is 0 Å². The van der Waals surface area contributed by atoms with Crippen molar-refractivity contribution in [3.8, 4) is 18.2 Å². The van der Waals surface area contributed by atoms with E-state index in [-0.39, 0.29) is 57.3 Å². The smallest absolute Gasteiger partial charge is 0.753 e. The molecule has 10 heterocycles. The summed E-state index contributed by atoms with van der Waals surface area (Å²) in [6, 6.07) is 65.9. The van der Waals surface area contributed by atoms with Crippen LogP contribution in [-0.2, 0) is 51.8 Å². The van der Waals surface area contributed by atoms with Crippen LogP contribution in [-0.4, -0.2) is 96.6 Å². The van der Waals surface area contributed by atoms with Gasteiger partial charge in [-0.1, -0.05) is 219 Å². The van der Waals surface area contributed by atoms with Gasteiger partial charge in [-0.3, -0.25) is 49.8 Å². The fourth-order valence-electron chi connectivity index (χ4n) is 8.40. The number of thiocarbonyl (C=S) groups is 8. The average Bonchev–Trinajstić information content (AvgIpc) is 0.838. The number of hydrogen-bond donors (Lipinski definition) is 0. The summed E-state index contributed by atoms with van der Waals surface area (Å²) in [4.78, 5) is 43.5. The molecule has 2 radical (unpaired) electrons. The quantitative estimate of drug-likeness (QED) is 0.0589. The number of rotatable bonds is 0. The Morgan fingerprint density at radius 1 is 0.215 bits per heavy atom. The Kier molecular flexibility index (Phi) is 67.2. The van der Waals surface area contributed by atoms with Gasteiger partial charge in [0.1, 0.15) is 0 Å². The molecule has 526 valence electrons. The summed E-state index contributed by atoms with van der Waals surface area (Å²) in [5.41, 5.74) is 9.77. The maximum atomic E-state index is 7.32. The zero-order valence-electron chi connectivity index (χ0n) is 55.9. The first-order valence-corrected chi connectivity index (χ1v) is 31.5. The summed E-state index contributed by atoms with van der Waals surface area (Å²) >= 11 is 29.6. The normalized spacial score (nSPS) is 7.93. The predicted octanol–water partition coefficient (Wildman–Crippen LogP) is 19.9. The summed E-state index contributed by atoms with van der Waals surface area (Å²) in [7, 11) is 0. The Hall–Kier alpha value is -11.4. The van der Waals surface area contributed by atoms with Crippen molar-refractivity contribution in [1.29, 1.82) is 15.8 Å². The summed E-state index contributed by atoms with van der Waals surface area (Å²) in [6.45, 7) is 4.29. The van der Waals surface area contributed by atoms with Crippen molar-refractivity contribution in [2.24, 2.45) is 0 Å². The van der Waals surface area contributed by atoms with Crippen molar-refractivity contribution in [2.45, 2.75) is 20.8 Å². The van der Waals surface area contributed by atoms with Gasteiger partial charge in [-0.2, -0.15) is 57.1 Å². The number of isothiocyanates is 8. The second-order valence-electron chi connectivity index (χ2n) is 17.5. The Morgan fingerprint density at radius 3 is 0.346 bits per heavy atom. The summed E-state index contributed by atoms with van der Waals surface area (Å²) < 4.78 is 0. The van der Waals surface area contributed by atoms with Gasteiger partial charge in [-0.25, -0.2) is 0 Å². The Bertz CT molecular complexity index is 4480. The van der Waals surface area contributed by atoms with E-state index in [9.17, 15) is 0 Å². The molecule has 10 aromatic heterocycles. The van der Waals surface area contributed by atoms with E-state index in [2.05, 4.69) is 269 Å². The second kappa shape index (κ2) is 69.0. The summed E-state index contributed by atoms with van der Waals surface area (Å²) in [5, 5.41) is 101. The molecule has 0 saturated carbocycles. The van der Waals surface area contributed by atoms with E-state index in [4.69, 9.17) is 59.1 Å². The van der Waals surface area contributed by atoms with E-state index in [0.717, 1.165) is 109 Å². The van der Waals surface area contributed by atoms with Crippen LogP contribution < -0.4 is 0 Å². The van der Waals surface area contributed by atoms with E-state index in [1.54, 1.807) is 80.2 Å². The average molecular weight is 1670 g/mol. The molecular weight excluding hydrogens is 1620 g/mol. The Balaban J connectivity index is -0.000000364. The number of nitriles is 3. The van der Waals surface area contributed by atoms with Crippen LogP contribution in [0, 0.1) is 34.0 Å². The fourth-order valence-corrected chi connectivity index (χ4v) is 8.40. The second-order valence-corrected chi connectivity index (χ2v) is 18.9. The van der Waals surface area contributed by atoms with Crippen LogP contribution in [0.25, 0.3) is 152 Å². The topological polar surface area (TPSA) is 410 Å². The van der Waals surface area contributed by atoms with E-state index in [1.165, 1.54) is 62.1 Å². The van der Waals surface area contributed by atoms with Crippen molar-refractivity contribution < 1.29 is 57.3 Å². The van der Waals surface area contributed by atoms with E-state index in [1.807, 2.05) is 60.7 Å². The van der Waals surface area contributed by atoms with Crippen LogP contribution in [0.15, 0.2) is 244 Å². The molecule has 0 spiro atoms. The summed E-state index contributed by atoms with van der Waals surface area (Å²) in [5.74, 6) is 0. The van der Waals surface area contributed by atoms with Gasteiger partial charge in [-0.15, -0.1) is 0 Å². The molecule has 0 bridgehead atoms. The van der Waals surface area contributed by atoms with Crippen LogP contribution >= 0.6 is 97.7 Å². The van der Waals surface area contributed by atoms with Crippen molar-refractivity contribution in [2.75, 3.05) is 0 Å². The molecule has 2 N–H and O–H groups in total. The first-order chi connectivity index (χ1) is 50.3.